The number of hydrogen-bond acceptors (Lipinski definition) is 4. The molecule has 0 atom stereocenters. The number of amides is 2. The summed E-state index contributed by atoms with van der Waals surface area (Å²) in [5.41, 5.74) is 2.51. The van der Waals surface area contributed by atoms with Crippen molar-refractivity contribution in [2.45, 2.75) is 32.6 Å². The SMILES string of the molecule is CC(=O)NCC(=O)N1CCN(S(=O)(=O)c2c(C)cc(C)cc2C)CC1. The van der Waals surface area contributed by atoms with E-state index in [0.717, 1.165) is 16.7 Å². The predicted octanol–water partition coefficient (Wildman–Crippen LogP) is 0.581. The van der Waals surface area contributed by atoms with Gasteiger partial charge in [-0.1, -0.05) is 17.7 Å². The van der Waals surface area contributed by atoms with Crippen LogP contribution in [0.2, 0.25) is 0 Å². The van der Waals surface area contributed by atoms with Gasteiger partial charge in [0.1, 0.15) is 0 Å². The maximum absolute atomic E-state index is 13.0. The number of nitrogens with one attached hydrogen (secondary N) is 1. The number of benzene rings is 1. The maximum atomic E-state index is 13.0. The zero-order chi connectivity index (χ0) is 18.8. The fraction of sp³-hybridized carbons (Fsp3) is 0.529. The molecule has 0 saturated carbocycles. The van der Waals surface area contributed by atoms with E-state index in [9.17, 15) is 18.0 Å². The first-order valence-corrected chi connectivity index (χ1v) is 9.67. The van der Waals surface area contributed by atoms with Gasteiger partial charge in [0.25, 0.3) is 0 Å². The molecule has 1 aromatic carbocycles. The van der Waals surface area contributed by atoms with E-state index in [2.05, 4.69) is 5.32 Å². The van der Waals surface area contributed by atoms with Crippen LogP contribution in [0.1, 0.15) is 23.6 Å². The molecule has 1 aliphatic heterocycles. The number of rotatable bonds is 4. The highest BCUT2D eigenvalue weighted by Gasteiger charge is 2.32. The summed E-state index contributed by atoms with van der Waals surface area (Å²) in [6.45, 7) is 7.99. The number of hydrogen-bond donors (Lipinski definition) is 1. The predicted molar refractivity (Wildman–Crippen MR) is 94.7 cm³/mol. The van der Waals surface area contributed by atoms with E-state index < -0.39 is 10.0 Å². The molecular weight excluding hydrogens is 342 g/mol. The summed E-state index contributed by atoms with van der Waals surface area (Å²) in [7, 11) is -3.59. The molecule has 0 spiro atoms. The number of aryl methyl sites for hydroxylation is 3. The number of sulfonamides is 1. The monoisotopic (exact) mass is 367 g/mol. The molecule has 1 aliphatic rings. The van der Waals surface area contributed by atoms with Crippen LogP contribution in [0.4, 0.5) is 0 Å². The molecule has 1 heterocycles. The van der Waals surface area contributed by atoms with Crippen molar-refractivity contribution in [3.63, 3.8) is 0 Å². The smallest absolute Gasteiger partial charge is 0.243 e. The minimum absolute atomic E-state index is 0.0573. The Morgan fingerprint density at radius 2 is 1.56 bits per heavy atom. The standard InChI is InChI=1S/C17H25N3O4S/c1-12-9-13(2)17(14(3)10-12)25(23,24)20-7-5-19(6-8-20)16(22)11-18-15(4)21/h9-10H,5-8,11H2,1-4H3,(H,18,21). The first-order valence-electron chi connectivity index (χ1n) is 8.23. The summed E-state index contributed by atoms with van der Waals surface area (Å²) in [5, 5.41) is 2.47. The molecule has 1 saturated heterocycles. The third-order valence-corrected chi connectivity index (χ3v) is 6.49. The fourth-order valence-electron chi connectivity index (χ4n) is 3.19. The highest BCUT2D eigenvalue weighted by molar-refractivity contribution is 7.89. The summed E-state index contributed by atoms with van der Waals surface area (Å²) >= 11 is 0. The Hall–Kier alpha value is -1.93. The van der Waals surface area contributed by atoms with Crippen LogP contribution in [0.15, 0.2) is 17.0 Å². The van der Waals surface area contributed by atoms with Gasteiger partial charge in [-0.2, -0.15) is 4.31 Å². The van der Waals surface area contributed by atoms with Crippen LogP contribution in [0.3, 0.4) is 0 Å². The molecule has 138 valence electrons. The molecule has 0 aromatic heterocycles. The lowest BCUT2D eigenvalue weighted by molar-refractivity contribution is -0.133. The van der Waals surface area contributed by atoms with E-state index in [0.29, 0.717) is 18.0 Å². The summed E-state index contributed by atoms with van der Waals surface area (Å²) in [6, 6.07) is 3.74. The van der Waals surface area contributed by atoms with E-state index in [1.807, 2.05) is 19.1 Å². The highest BCUT2D eigenvalue weighted by atomic mass is 32.2. The molecule has 1 fully saturated rings. The quantitative estimate of drug-likeness (QED) is 0.843. The summed E-state index contributed by atoms with van der Waals surface area (Å²) in [4.78, 5) is 24.8. The second-order valence-corrected chi connectivity index (χ2v) is 8.30. The highest BCUT2D eigenvalue weighted by Crippen LogP contribution is 2.26. The van der Waals surface area contributed by atoms with E-state index in [-0.39, 0.29) is 31.4 Å². The van der Waals surface area contributed by atoms with Crippen molar-refractivity contribution in [1.82, 2.24) is 14.5 Å². The molecule has 0 aliphatic carbocycles. The number of nitrogens with zero attached hydrogens (tertiary/aromatic N) is 2. The van der Waals surface area contributed by atoms with Gasteiger partial charge >= 0.3 is 0 Å². The van der Waals surface area contributed by atoms with E-state index in [1.165, 1.54) is 11.2 Å². The van der Waals surface area contributed by atoms with Gasteiger partial charge in [0.2, 0.25) is 21.8 Å². The van der Waals surface area contributed by atoms with Gasteiger partial charge in [0.05, 0.1) is 11.4 Å². The van der Waals surface area contributed by atoms with Gasteiger partial charge in [0, 0.05) is 33.1 Å². The van der Waals surface area contributed by atoms with Crippen LogP contribution in [0, 0.1) is 20.8 Å². The van der Waals surface area contributed by atoms with Crippen molar-refractivity contribution in [2.24, 2.45) is 0 Å². The molecule has 2 rings (SSSR count). The Morgan fingerprint density at radius 1 is 1.04 bits per heavy atom. The Morgan fingerprint density at radius 3 is 2.04 bits per heavy atom. The third kappa shape index (κ3) is 4.38. The van der Waals surface area contributed by atoms with Crippen molar-refractivity contribution >= 4 is 21.8 Å². The molecule has 1 N–H and O–H groups in total. The fourth-order valence-corrected chi connectivity index (χ4v) is 5.03. The molecule has 0 unspecified atom stereocenters. The third-order valence-electron chi connectivity index (χ3n) is 4.28. The van der Waals surface area contributed by atoms with E-state index in [1.54, 1.807) is 18.7 Å². The van der Waals surface area contributed by atoms with Crippen LogP contribution in [0.5, 0.6) is 0 Å². The van der Waals surface area contributed by atoms with Crippen molar-refractivity contribution < 1.29 is 18.0 Å². The summed E-state index contributed by atoms with van der Waals surface area (Å²) < 4.78 is 27.4. The van der Waals surface area contributed by atoms with Gasteiger partial charge in [-0.25, -0.2) is 8.42 Å². The maximum Gasteiger partial charge on any atom is 0.243 e. The van der Waals surface area contributed by atoms with Crippen LogP contribution < -0.4 is 5.32 Å². The molecule has 0 radical (unpaired) electrons. The lowest BCUT2D eigenvalue weighted by atomic mass is 10.1. The van der Waals surface area contributed by atoms with Gasteiger partial charge < -0.3 is 10.2 Å². The largest absolute Gasteiger partial charge is 0.347 e. The second kappa shape index (κ2) is 7.53. The molecular formula is C17H25N3O4S. The van der Waals surface area contributed by atoms with E-state index in [4.69, 9.17) is 0 Å². The molecule has 2 amide bonds. The van der Waals surface area contributed by atoms with Crippen molar-refractivity contribution in [3.8, 4) is 0 Å². The van der Waals surface area contributed by atoms with Crippen molar-refractivity contribution in [3.05, 3.63) is 28.8 Å². The van der Waals surface area contributed by atoms with Gasteiger partial charge in [-0.15, -0.1) is 0 Å². The Balaban J connectivity index is 2.10. The van der Waals surface area contributed by atoms with Crippen LogP contribution >= 0.6 is 0 Å². The lowest BCUT2D eigenvalue weighted by Crippen LogP contribution is -2.52. The molecule has 8 heteroatoms. The van der Waals surface area contributed by atoms with Gasteiger partial charge in [-0.3, -0.25) is 9.59 Å². The zero-order valence-corrected chi connectivity index (χ0v) is 15.9. The first-order chi connectivity index (χ1) is 11.6. The van der Waals surface area contributed by atoms with Gasteiger partial charge in [-0.05, 0) is 31.9 Å². The number of carbonyl (C=O) groups excluding carboxylic acids is 2. The molecule has 1 aromatic rings. The van der Waals surface area contributed by atoms with Gasteiger partial charge in [0.15, 0.2) is 0 Å². The zero-order valence-electron chi connectivity index (χ0n) is 15.1. The molecule has 0 bridgehead atoms. The van der Waals surface area contributed by atoms with Crippen LogP contribution in [-0.2, 0) is 19.6 Å². The Bertz CT molecular complexity index is 758. The van der Waals surface area contributed by atoms with Crippen molar-refractivity contribution in [2.75, 3.05) is 32.7 Å². The molecule has 25 heavy (non-hydrogen) atoms. The Kier molecular flexibility index (Phi) is 5.84. The molecule has 7 nitrogen and oxygen atoms in total. The summed E-state index contributed by atoms with van der Waals surface area (Å²) in [5.74, 6) is -0.463. The van der Waals surface area contributed by atoms with Crippen LogP contribution in [-0.4, -0.2) is 62.2 Å². The number of carbonyl (C=O) groups is 2. The van der Waals surface area contributed by atoms with E-state index >= 15 is 0 Å². The van der Waals surface area contributed by atoms with Crippen molar-refractivity contribution in [1.29, 1.82) is 0 Å². The Labute approximate surface area is 149 Å². The average molecular weight is 367 g/mol. The lowest BCUT2D eigenvalue weighted by Gasteiger charge is -2.34. The minimum atomic E-state index is -3.59. The second-order valence-electron chi connectivity index (χ2n) is 6.42. The summed E-state index contributed by atoms with van der Waals surface area (Å²) in [6.07, 6.45) is 0. The minimum Gasteiger partial charge on any atom is -0.347 e. The number of piperazine rings is 1. The normalized spacial score (nSPS) is 15.9. The first kappa shape index (κ1) is 19.4. The topological polar surface area (TPSA) is 86.8 Å². The average Bonchev–Trinajstić information content (AvgIpc) is 2.51. The van der Waals surface area contributed by atoms with Crippen LogP contribution in [0.25, 0.3) is 0 Å².